The summed E-state index contributed by atoms with van der Waals surface area (Å²) < 4.78 is 2.67. The van der Waals surface area contributed by atoms with Gasteiger partial charge in [0.25, 0.3) is 5.91 Å². The fraction of sp³-hybridized carbons (Fsp3) is 0.312. The van der Waals surface area contributed by atoms with Crippen LogP contribution in [0, 0.1) is 5.92 Å². The Bertz CT molecular complexity index is 1580. The smallest absolute Gasteiger partial charge is 0.254 e. The summed E-state index contributed by atoms with van der Waals surface area (Å²) in [5, 5.41) is 8.03. The van der Waals surface area contributed by atoms with Gasteiger partial charge in [-0.25, -0.2) is 4.98 Å². The van der Waals surface area contributed by atoms with Crippen molar-refractivity contribution >= 4 is 33.3 Å². The molecule has 3 aromatic heterocycles. The van der Waals surface area contributed by atoms with Crippen molar-refractivity contribution in [1.29, 1.82) is 0 Å². The zero-order valence-electron chi connectivity index (χ0n) is 22.6. The number of allylic oxidation sites excluding steroid dienone is 4. The first kappa shape index (κ1) is 26.4. The van der Waals surface area contributed by atoms with E-state index in [0.29, 0.717) is 19.0 Å². The second-order valence-corrected chi connectivity index (χ2v) is 11.6. The first-order valence-corrected chi connectivity index (χ1v) is 14.8. The van der Waals surface area contributed by atoms with Crippen LogP contribution in [0.25, 0.3) is 5.65 Å². The summed E-state index contributed by atoms with van der Waals surface area (Å²) in [5.41, 5.74) is 6.13. The van der Waals surface area contributed by atoms with E-state index >= 15 is 0 Å². The van der Waals surface area contributed by atoms with Gasteiger partial charge in [-0.05, 0) is 70.8 Å². The van der Waals surface area contributed by atoms with E-state index in [1.54, 1.807) is 12.4 Å². The third kappa shape index (κ3) is 5.59. The van der Waals surface area contributed by atoms with Crippen LogP contribution in [-0.2, 0) is 13.0 Å². The molecule has 1 N–H and O–H groups in total. The van der Waals surface area contributed by atoms with Crippen LogP contribution >= 0.6 is 15.9 Å². The lowest BCUT2D eigenvalue weighted by molar-refractivity contribution is 0.0705. The second kappa shape index (κ2) is 11.8. The SMILES string of the molecule is CC1CC=CC=C1Cc1ccccc1C(=O)N1CCCC(c2cc(NCc3cccnc3)n3ncc(Br)c3n2)C1. The van der Waals surface area contributed by atoms with Crippen LogP contribution in [0.3, 0.4) is 0 Å². The van der Waals surface area contributed by atoms with Crippen LogP contribution in [0.4, 0.5) is 5.82 Å². The van der Waals surface area contributed by atoms with Crippen molar-refractivity contribution < 1.29 is 4.79 Å². The average Bonchev–Trinajstić information content (AvgIpc) is 3.38. The Morgan fingerprint density at radius 2 is 2.08 bits per heavy atom. The van der Waals surface area contributed by atoms with Crippen molar-refractivity contribution in [3.05, 3.63) is 112 Å². The van der Waals surface area contributed by atoms with Crippen molar-refractivity contribution in [3.63, 3.8) is 0 Å². The average molecular weight is 598 g/mol. The fourth-order valence-corrected chi connectivity index (χ4v) is 6.03. The van der Waals surface area contributed by atoms with Crippen molar-refractivity contribution in [1.82, 2.24) is 24.5 Å². The van der Waals surface area contributed by atoms with Gasteiger partial charge in [0.05, 0.1) is 16.4 Å². The van der Waals surface area contributed by atoms with Crippen molar-refractivity contribution in [2.24, 2.45) is 5.92 Å². The number of rotatable bonds is 7. The molecule has 1 aromatic carbocycles. The molecule has 4 aromatic rings. The molecule has 0 saturated carbocycles. The maximum atomic E-state index is 13.9. The molecule has 1 fully saturated rings. The van der Waals surface area contributed by atoms with Gasteiger partial charge in [-0.15, -0.1) is 0 Å². The van der Waals surface area contributed by atoms with Crippen LogP contribution in [0.5, 0.6) is 0 Å². The number of fused-ring (bicyclic) bond motifs is 1. The van der Waals surface area contributed by atoms with Gasteiger partial charge in [-0.2, -0.15) is 9.61 Å². The predicted molar refractivity (Wildman–Crippen MR) is 161 cm³/mol. The number of hydrogen-bond donors (Lipinski definition) is 1. The summed E-state index contributed by atoms with van der Waals surface area (Å²) in [4.78, 5) is 25.1. The number of pyridine rings is 1. The zero-order chi connectivity index (χ0) is 27.5. The third-order valence-electron chi connectivity index (χ3n) is 7.98. The van der Waals surface area contributed by atoms with Gasteiger partial charge in [-0.3, -0.25) is 9.78 Å². The van der Waals surface area contributed by atoms with Gasteiger partial charge >= 0.3 is 0 Å². The number of benzene rings is 1. The van der Waals surface area contributed by atoms with E-state index in [-0.39, 0.29) is 11.8 Å². The van der Waals surface area contributed by atoms with E-state index in [2.05, 4.69) is 68.6 Å². The molecule has 0 radical (unpaired) electrons. The Kier molecular flexibility index (Phi) is 7.77. The first-order valence-electron chi connectivity index (χ1n) is 14.0. The number of amides is 1. The standard InChI is InChI=1S/C32H33BrN6O/c1-22-8-2-3-10-24(22)16-25-11-4-5-13-27(25)32(40)38-15-7-12-26(21-38)29-17-30(35-19-23-9-6-14-34-18-23)39-31(37-29)28(33)20-36-39/h2-6,9-11,13-14,17-18,20,22,26,35H,7-8,12,15-16,19,21H2,1H3. The Balaban J connectivity index is 1.24. The minimum absolute atomic E-state index is 0.112. The number of piperidine rings is 1. The molecule has 40 heavy (non-hydrogen) atoms. The summed E-state index contributed by atoms with van der Waals surface area (Å²) in [6.45, 7) is 4.29. The summed E-state index contributed by atoms with van der Waals surface area (Å²) in [6, 6.07) is 14.2. The molecule has 2 unspecified atom stereocenters. The van der Waals surface area contributed by atoms with E-state index in [4.69, 9.17) is 4.98 Å². The highest BCUT2D eigenvalue weighted by Gasteiger charge is 2.29. The fourth-order valence-electron chi connectivity index (χ4n) is 5.68. The molecular formula is C32H33BrN6O. The van der Waals surface area contributed by atoms with Crippen molar-refractivity contribution in [2.75, 3.05) is 18.4 Å². The molecular weight excluding hydrogens is 564 g/mol. The summed E-state index contributed by atoms with van der Waals surface area (Å²) in [7, 11) is 0. The Labute approximate surface area is 243 Å². The molecule has 2 aliphatic rings. The maximum Gasteiger partial charge on any atom is 0.254 e. The number of nitrogens with zero attached hydrogens (tertiary/aromatic N) is 5. The van der Waals surface area contributed by atoms with Gasteiger partial charge < -0.3 is 10.2 Å². The lowest BCUT2D eigenvalue weighted by atomic mass is 9.87. The number of hydrogen-bond acceptors (Lipinski definition) is 5. The van der Waals surface area contributed by atoms with Gasteiger partial charge in [0.2, 0.25) is 0 Å². The molecule has 0 bridgehead atoms. The van der Waals surface area contributed by atoms with Crippen LogP contribution in [0.15, 0.2) is 89.3 Å². The van der Waals surface area contributed by atoms with E-state index in [1.807, 2.05) is 45.9 Å². The number of carbonyl (C=O) groups is 1. The predicted octanol–water partition coefficient (Wildman–Crippen LogP) is 6.58. The van der Waals surface area contributed by atoms with Crippen molar-refractivity contribution in [2.45, 2.75) is 45.1 Å². The van der Waals surface area contributed by atoms with E-state index < -0.39 is 0 Å². The number of likely N-dealkylation sites (tertiary alicyclic amines) is 1. The lowest BCUT2D eigenvalue weighted by Gasteiger charge is -2.33. The number of halogens is 1. The summed E-state index contributed by atoms with van der Waals surface area (Å²) in [6.07, 6.45) is 15.8. The molecule has 1 amide bonds. The van der Waals surface area contributed by atoms with E-state index in [9.17, 15) is 4.79 Å². The highest BCUT2D eigenvalue weighted by molar-refractivity contribution is 9.10. The molecule has 204 valence electrons. The molecule has 1 aliphatic heterocycles. The van der Waals surface area contributed by atoms with Gasteiger partial charge in [0.15, 0.2) is 5.65 Å². The van der Waals surface area contributed by atoms with Crippen LogP contribution in [0.2, 0.25) is 0 Å². The van der Waals surface area contributed by atoms with Gasteiger partial charge in [-0.1, -0.05) is 55.0 Å². The second-order valence-electron chi connectivity index (χ2n) is 10.7. The summed E-state index contributed by atoms with van der Waals surface area (Å²) >= 11 is 3.62. The highest BCUT2D eigenvalue weighted by Crippen LogP contribution is 2.31. The number of nitrogens with one attached hydrogen (secondary N) is 1. The van der Waals surface area contributed by atoms with E-state index in [1.165, 1.54) is 5.57 Å². The highest BCUT2D eigenvalue weighted by atomic mass is 79.9. The minimum atomic E-state index is 0.112. The zero-order valence-corrected chi connectivity index (χ0v) is 24.2. The van der Waals surface area contributed by atoms with Crippen LogP contribution in [-0.4, -0.2) is 43.5 Å². The monoisotopic (exact) mass is 596 g/mol. The molecule has 1 saturated heterocycles. The molecule has 0 spiro atoms. The molecule has 7 nitrogen and oxygen atoms in total. The topological polar surface area (TPSA) is 75.4 Å². The minimum Gasteiger partial charge on any atom is -0.366 e. The number of aromatic nitrogens is 4. The molecule has 8 heteroatoms. The summed E-state index contributed by atoms with van der Waals surface area (Å²) in [5.74, 6) is 1.62. The third-order valence-corrected chi connectivity index (χ3v) is 8.54. The largest absolute Gasteiger partial charge is 0.366 e. The normalized spacial score (nSPS) is 19.1. The molecule has 2 atom stereocenters. The van der Waals surface area contributed by atoms with Crippen LogP contribution in [0.1, 0.15) is 59.3 Å². The molecule has 4 heterocycles. The Morgan fingerprint density at radius 1 is 1.18 bits per heavy atom. The van der Waals surface area contributed by atoms with Gasteiger partial charge in [0, 0.05) is 49.6 Å². The first-order chi connectivity index (χ1) is 19.6. The Hall–Kier alpha value is -3.78. The van der Waals surface area contributed by atoms with Gasteiger partial charge in [0.1, 0.15) is 5.82 Å². The van der Waals surface area contributed by atoms with Crippen molar-refractivity contribution in [3.8, 4) is 0 Å². The van der Waals surface area contributed by atoms with Crippen LogP contribution < -0.4 is 5.32 Å². The number of anilines is 1. The quantitative estimate of drug-likeness (QED) is 0.261. The lowest BCUT2D eigenvalue weighted by Crippen LogP contribution is -2.39. The van der Waals surface area contributed by atoms with E-state index in [0.717, 1.165) is 70.6 Å². The molecule has 1 aliphatic carbocycles. The molecule has 6 rings (SSSR count). The maximum absolute atomic E-state index is 13.9. The number of carbonyl (C=O) groups excluding carboxylic acids is 1. The Morgan fingerprint density at radius 3 is 2.92 bits per heavy atom.